The zero-order valence-electron chi connectivity index (χ0n) is 12.1. The highest BCUT2D eigenvalue weighted by molar-refractivity contribution is 5.61. The normalized spacial score (nSPS) is 25.2. The van der Waals surface area contributed by atoms with Crippen molar-refractivity contribution in [1.29, 1.82) is 0 Å². The summed E-state index contributed by atoms with van der Waals surface area (Å²) < 4.78 is 13.3. The van der Waals surface area contributed by atoms with Crippen LogP contribution in [0.15, 0.2) is 18.2 Å². The molecule has 1 aromatic rings. The minimum absolute atomic E-state index is 0.0672. The van der Waals surface area contributed by atoms with Crippen LogP contribution in [0, 0.1) is 27.3 Å². The van der Waals surface area contributed by atoms with Crippen molar-refractivity contribution in [1.82, 2.24) is 0 Å². The van der Waals surface area contributed by atoms with Crippen molar-refractivity contribution >= 4 is 11.4 Å². The summed E-state index contributed by atoms with van der Waals surface area (Å²) in [7, 11) is 0. The van der Waals surface area contributed by atoms with Crippen LogP contribution < -0.4 is 5.32 Å². The number of hydrogen-bond acceptors (Lipinski definition) is 3. The Morgan fingerprint density at radius 3 is 2.70 bits per heavy atom. The van der Waals surface area contributed by atoms with Crippen LogP contribution in [0.4, 0.5) is 15.8 Å². The van der Waals surface area contributed by atoms with Gasteiger partial charge in [0.2, 0.25) is 0 Å². The van der Waals surface area contributed by atoms with Crippen LogP contribution >= 0.6 is 0 Å². The number of rotatable bonds is 3. The Labute approximate surface area is 118 Å². The van der Waals surface area contributed by atoms with Gasteiger partial charge in [-0.3, -0.25) is 10.1 Å². The van der Waals surface area contributed by atoms with Crippen molar-refractivity contribution in [2.75, 3.05) is 5.32 Å². The molecule has 0 aliphatic heterocycles. The van der Waals surface area contributed by atoms with E-state index < -0.39 is 10.7 Å². The minimum atomic E-state index is -0.473. The van der Waals surface area contributed by atoms with Gasteiger partial charge in [0.15, 0.2) is 0 Å². The van der Waals surface area contributed by atoms with E-state index in [4.69, 9.17) is 0 Å². The average molecular weight is 280 g/mol. The van der Waals surface area contributed by atoms with Crippen molar-refractivity contribution in [2.24, 2.45) is 11.3 Å². The molecule has 0 amide bonds. The van der Waals surface area contributed by atoms with E-state index in [9.17, 15) is 14.5 Å². The molecule has 0 saturated heterocycles. The van der Waals surface area contributed by atoms with Crippen LogP contribution in [0.5, 0.6) is 0 Å². The molecule has 1 aromatic carbocycles. The fraction of sp³-hybridized carbons (Fsp3) is 0.600. The molecule has 110 valence electrons. The summed E-state index contributed by atoms with van der Waals surface area (Å²) >= 11 is 0. The molecule has 4 nitrogen and oxygen atoms in total. The van der Waals surface area contributed by atoms with Gasteiger partial charge < -0.3 is 5.32 Å². The Morgan fingerprint density at radius 1 is 1.40 bits per heavy atom. The summed E-state index contributed by atoms with van der Waals surface area (Å²) in [5.74, 6) is 0.102. The molecule has 2 unspecified atom stereocenters. The first-order chi connectivity index (χ1) is 9.27. The lowest BCUT2D eigenvalue weighted by Crippen LogP contribution is -2.35. The second-order valence-corrected chi connectivity index (χ2v) is 6.67. The Kier molecular flexibility index (Phi) is 3.97. The van der Waals surface area contributed by atoms with E-state index in [0.29, 0.717) is 5.92 Å². The molecule has 1 saturated carbocycles. The molecule has 0 aromatic heterocycles. The molecule has 1 aliphatic carbocycles. The minimum Gasteiger partial charge on any atom is -0.377 e. The molecule has 20 heavy (non-hydrogen) atoms. The highest BCUT2D eigenvalue weighted by atomic mass is 19.1. The zero-order chi connectivity index (χ0) is 14.9. The monoisotopic (exact) mass is 280 g/mol. The van der Waals surface area contributed by atoms with Crippen molar-refractivity contribution in [3.8, 4) is 0 Å². The highest BCUT2D eigenvalue weighted by Crippen LogP contribution is 2.40. The van der Waals surface area contributed by atoms with E-state index in [-0.39, 0.29) is 22.8 Å². The molecule has 1 fully saturated rings. The first-order valence-electron chi connectivity index (χ1n) is 6.97. The lowest BCUT2D eigenvalue weighted by Gasteiger charge is -2.39. The number of hydrogen-bond donors (Lipinski definition) is 1. The molecule has 2 rings (SSSR count). The van der Waals surface area contributed by atoms with Gasteiger partial charge in [0, 0.05) is 18.2 Å². The predicted molar refractivity (Wildman–Crippen MR) is 77.3 cm³/mol. The molecular weight excluding hydrogens is 259 g/mol. The molecule has 0 radical (unpaired) electrons. The Bertz CT molecular complexity index is 517. The van der Waals surface area contributed by atoms with Crippen LogP contribution in [0.3, 0.4) is 0 Å². The second-order valence-electron chi connectivity index (χ2n) is 6.67. The maximum Gasteiger partial charge on any atom is 0.292 e. The summed E-state index contributed by atoms with van der Waals surface area (Å²) in [6.07, 6.45) is 3.04. The van der Waals surface area contributed by atoms with E-state index >= 15 is 0 Å². The van der Waals surface area contributed by atoms with E-state index in [1.807, 2.05) is 0 Å². The Hall–Kier alpha value is -1.65. The van der Waals surface area contributed by atoms with Crippen molar-refractivity contribution < 1.29 is 9.31 Å². The molecule has 1 N–H and O–H groups in total. The molecule has 2 atom stereocenters. The largest absolute Gasteiger partial charge is 0.377 e. The number of benzene rings is 1. The summed E-state index contributed by atoms with van der Waals surface area (Å²) in [4.78, 5) is 10.5. The maximum atomic E-state index is 13.3. The number of nitrogens with zero attached hydrogens (tertiary/aromatic N) is 1. The van der Waals surface area contributed by atoms with Gasteiger partial charge in [-0.2, -0.15) is 0 Å². The van der Waals surface area contributed by atoms with Crippen LogP contribution in [0.25, 0.3) is 0 Å². The van der Waals surface area contributed by atoms with Gasteiger partial charge in [-0.05, 0) is 36.7 Å². The maximum absolute atomic E-state index is 13.3. The van der Waals surface area contributed by atoms with Gasteiger partial charge in [-0.1, -0.05) is 20.8 Å². The fourth-order valence-electron chi connectivity index (χ4n) is 3.46. The van der Waals surface area contributed by atoms with Crippen LogP contribution in [0.2, 0.25) is 0 Å². The van der Waals surface area contributed by atoms with Gasteiger partial charge in [0.25, 0.3) is 5.69 Å². The van der Waals surface area contributed by atoms with E-state index in [1.165, 1.54) is 12.1 Å². The van der Waals surface area contributed by atoms with Gasteiger partial charge in [0.05, 0.1) is 4.92 Å². The van der Waals surface area contributed by atoms with Gasteiger partial charge in [-0.15, -0.1) is 0 Å². The summed E-state index contributed by atoms with van der Waals surface area (Å²) in [5, 5.41) is 14.2. The van der Waals surface area contributed by atoms with E-state index in [0.717, 1.165) is 25.3 Å². The molecule has 0 spiro atoms. The summed E-state index contributed by atoms with van der Waals surface area (Å²) in [6.45, 7) is 6.60. The number of anilines is 1. The van der Waals surface area contributed by atoms with Crippen molar-refractivity contribution in [2.45, 2.75) is 46.1 Å². The average Bonchev–Trinajstić information content (AvgIpc) is 2.25. The third-order valence-corrected chi connectivity index (χ3v) is 3.90. The quantitative estimate of drug-likeness (QED) is 0.661. The second kappa shape index (κ2) is 5.38. The number of nitro groups is 1. The number of nitro benzene ring substituents is 1. The number of halogens is 1. The van der Waals surface area contributed by atoms with Crippen molar-refractivity contribution in [3.05, 3.63) is 34.1 Å². The lowest BCUT2D eigenvalue weighted by atomic mass is 9.70. The van der Waals surface area contributed by atoms with Crippen LogP contribution in [0.1, 0.15) is 40.0 Å². The van der Waals surface area contributed by atoms with Gasteiger partial charge in [0.1, 0.15) is 11.5 Å². The fourth-order valence-corrected chi connectivity index (χ4v) is 3.46. The first kappa shape index (κ1) is 14.8. The van der Waals surface area contributed by atoms with Crippen LogP contribution in [-0.2, 0) is 0 Å². The molecule has 0 bridgehead atoms. The third kappa shape index (κ3) is 3.46. The van der Waals surface area contributed by atoms with Gasteiger partial charge in [-0.25, -0.2) is 4.39 Å². The van der Waals surface area contributed by atoms with E-state index in [2.05, 4.69) is 26.1 Å². The topological polar surface area (TPSA) is 55.2 Å². The smallest absolute Gasteiger partial charge is 0.292 e. The molecular formula is C15H21FN2O2. The highest BCUT2D eigenvalue weighted by Gasteiger charge is 2.32. The van der Waals surface area contributed by atoms with Crippen molar-refractivity contribution in [3.63, 3.8) is 0 Å². The van der Waals surface area contributed by atoms with E-state index in [1.54, 1.807) is 0 Å². The van der Waals surface area contributed by atoms with Gasteiger partial charge >= 0.3 is 0 Å². The summed E-state index contributed by atoms with van der Waals surface area (Å²) in [5.41, 5.74) is 0.421. The third-order valence-electron chi connectivity index (χ3n) is 3.90. The predicted octanol–water partition coefficient (Wildman–Crippen LogP) is 4.36. The number of nitrogens with one attached hydrogen (secondary N) is 1. The SMILES string of the molecule is CC1CC(Nc2cc(F)ccc2[N+](=O)[O-])CC(C)(C)C1. The summed E-state index contributed by atoms with van der Waals surface area (Å²) in [6, 6.07) is 3.70. The zero-order valence-corrected chi connectivity index (χ0v) is 12.1. The molecule has 0 heterocycles. The Balaban J connectivity index is 2.21. The molecule has 5 heteroatoms. The standard InChI is InChI=1S/C15H21FN2O2/c1-10-6-12(9-15(2,3)8-10)17-13-7-11(16)4-5-14(13)18(19)20/h4-5,7,10,12,17H,6,8-9H2,1-3H3. The first-order valence-corrected chi connectivity index (χ1v) is 6.97. The molecule has 1 aliphatic rings. The van der Waals surface area contributed by atoms with Crippen LogP contribution in [-0.4, -0.2) is 11.0 Å². The lowest BCUT2D eigenvalue weighted by molar-refractivity contribution is -0.384. The Morgan fingerprint density at radius 2 is 2.10 bits per heavy atom.